The van der Waals surface area contributed by atoms with Crippen molar-refractivity contribution >= 4 is 0 Å². The zero-order chi connectivity index (χ0) is 12.8. The smallest absolute Gasteiger partial charge is 0.276 e. The molecular weight excluding hydrogens is 232 g/mol. The monoisotopic (exact) mass is 248 g/mol. The lowest BCUT2D eigenvalue weighted by Gasteiger charge is -1.96. The molecular formula is C12H16N4O2. The number of hydrogen-bond acceptors (Lipinski definition) is 6. The maximum absolute atomic E-state index is 5.50. The summed E-state index contributed by atoms with van der Waals surface area (Å²) in [6, 6.07) is 3.70. The topological polar surface area (TPSA) is 87.1 Å². The first kappa shape index (κ1) is 12.7. The Morgan fingerprint density at radius 3 is 2.94 bits per heavy atom. The molecule has 0 amide bonds. The van der Waals surface area contributed by atoms with Gasteiger partial charge < -0.3 is 15.0 Å². The summed E-state index contributed by atoms with van der Waals surface area (Å²) in [7, 11) is 0. The first-order chi connectivity index (χ1) is 8.83. The van der Waals surface area contributed by atoms with Gasteiger partial charge in [-0.1, -0.05) is 18.1 Å². The molecule has 6 nitrogen and oxygen atoms in total. The Morgan fingerprint density at radius 1 is 1.39 bits per heavy atom. The van der Waals surface area contributed by atoms with Crippen LogP contribution in [0.5, 0.6) is 0 Å². The van der Waals surface area contributed by atoms with E-state index < -0.39 is 0 Å². The fraction of sp³-hybridized carbons (Fsp3) is 0.417. The molecule has 0 bridgehead atoms. The summed E-state index contributed by atoms with van der Waals surface area (Å²) in [6.07, 6.45) is 2.67. The van der Waals surface area contributed by atoms with Crippen LogP contribution >= 0.6 is 0 Å². The van der Waals surface area contributed by atoms with E-state index in [1.165, 1.54) is 0 Å². The summed E-state index contributed by atoms with van der Waals surface area (Å²) in [5.74, 6) is 0.928. The van der Waals surface area contributed by atoms with Gasteiger partial charge in [-0.2, -0.15) is 4.98 Å². The van der Waals surface area contributed by atoms with E-state index in [0.717, 1.165) is 12.0 Å². The summed E-state index contributed by atoms with van der Waals surface area (Å²) < 4.78 is 10.5. The molecule has 0 aliphatic rings. The first-order valence-electron chi connectivity index (χ1n) is 5.89. The third-order valence-corrected chi connectivity index (χ3v) is 2.33. The summed E-state index contributed by atoms with van der Waals surface area (Å²) in [5, 5.41) is 3.83. The highest BCUT2D eigenvalue weighted by atomic mass is 16.5. The Labute approximate surface area is 105 Å². The van der Waals surface area contributed by atoms with Crippen LogP contribution < -0.4 is 5.73 Å². The highest BCUT2D eigenvalue weighted by molar-refractivity contribution is 5.46. The predicted octanol–water partition coefficient (Wildman–Crippen LogP) is 1.52. The van der Waals surface area contributed by atoms with E-state index in [1.54, 1.807) is 6.20 Å². The fourth-order valence-corrected chi connectivity index (χ4v) is 1.40. The van der Waals surface area contributed by atoms with Crippen molar-refractivity contribution in [3.8, 4) is 11.6 Å². The molecule has 2 heterocycles. The summed E-state index contributed by atoms with van der Waals surface area (Å²) >= 11 is 0. The number of rotatable bonds is 6. The maximum atomic E-state index is 5.50. The number of nitrogens with zero attached hydrogens (tertiary/aromatic N) is 3. The van der Waals surface area contributed by atoms with E-state index in [4.69, 9.17) is 15.0 Å². The molecule has 0 unspecified atom stereocenters. The van der Waals surface area contributed by atoms with Gasteiger partial charge in [0.05, 0.1) is 0 Å². The van der Waals surface area contributed by atoms with Crippen LogP contribution in [0.1, 0.15) is 24.7 Å². The lowest BCUT2D eigenvalue weighted by atomic mass is 10.2. The zero-order valence-corrected chi connectivity index (χ0v) is 10.3. The largest absolute Gasteiger partial charge is 0.373 e. The number of pyridine rings is 1. The Morgan fingerprint density at radius 2 is 2.28 bits per heavy atom. The number of aromatic nitrogens is 3. The van der Waals surface area contributed by atoms with E-state index in [0.29, 0.717) is 37.2 Å². The second-order valence-electron chi connectivity index (χ2n) is 3.82. The van der Waals surface area contributed by atoms with Crippen molar-refractivity contribution in [3.05, 3.63) is 29.7 Å². The van der Waals surface area contributed by atoms with E-state index in [2.05, 4.69) is 15.1 Å². The normalized spacial score (nSPS) is 10.8. The summed E-state index contributed by atoms with van der Waals surface area (Å²) in [5.41, 5.74) is 7.11. The molecule has 0 saturated carbocycles. The quantitative estimate of drug-likeness (QED) is 0.780. The molecule has 0 spiro atoms. The highest BCUT2D eigenvalue weighted by Crippen LogP contribution is 2.14. The van der Waals surface area contributed by atoms with Crippen molar-refractivity contribution in [2.24, 2.45) is 5.73 Å². The SMILES string of the molecule is CCCOCc1noc(-c2ccc(CN)cn2)n1. The van der Waals surface area contributed by atoms with Crippen LogP contribution in [0.4, 0.5) is 0 Å². The molecule has 2 N–H and O–H groups in total. The number of ether oxygens (including phenoxy) is 1. The van der Waals surface area contributed by atoms with Gasteiger partial charge in [0.15, 0.2) is 5.82 Å². The van der Waals surface area contributed by atoms with Gasteiger partial charge in [0, 0.05) is 19.3 Å². The van der Waals surface area contributed by atoms with Crippen molar-refractivity contribution < 1.29 is 9.26 Å². The minimum absolute atomic E-state index is 0.359. The van der Waals surface area contributed by atoms with Crippen molar-refractivity contribution in [3.63, 3.8) is 0 Å². The Hall–Kier alpha value is -1.79. The van der Waals surface area contributed by atoms with Gasteiger partial charge in [-0.15, -0.1) is 0 Å². The third-order valence-electron chi connectivity index (χ3n) is 2.33. The molecule has 2 aromatic rings. The molecule has 0 atom stereocenters. The molecule has 2 rings (SSSR count). The molecule has 0 saturated heterocycles. The predicted molar refractivity (Wildman–Crippen MR) is 65.4 cm³/mol. The third kappa shape index (κ3) is 3.12. The van der Waals surface area contributed by atoms with Gasteiger partial charge in [0.2, 0.25) is 0 Å². The molecule has 6 heteroatoms. The highest BCUT2D eigenvalue weighted by Gasteiger charge is 2.09. The minimum atomic E-state index is 0.359. The van der Waals surface area contributed by atoms with Crippen LogP contribution in [0.3, 0.4) is 0 Å². The number of nitrogens with two attached hydrogens (primary N) is 1. The van der Waals surface area contributed by atoms with E-state index in [1.807, 2.05) is 19.1 Å². The average Bonchev–Trinajstić information content (AvgIpc) is 2.88. The van der Waals surface area contributed by atoms with Crippen molar-refractivity contribution in [1.29, 1.82) is 0 Å². The van der Waals surface area contributed by atoms with Crippen LogP contribution in [-0.4, -0.2) is 21.7 Å². The summed E-state index contributed by atoms with van der Waals surface area (Å²) in [6.45, 7) is 3.56. The van der Waals surface area contributed by atoms with Crippen LogP contribution in [0.25, 0.3) is 11.6 Å². The first-order valence-corrected chi connectivity index (χ1v) is 5.89. The Kier molecular flexibility index (Phi) is 4.38. The van der Waals surface area contributed by atoms with Gasteiger partial charge in [-0.25, -0.2) is 0 Å². The van der Waals surface area contributed by atoms with Gasteiger partial charge in [-0.05, 0) is 18.1 Å². The van der Waals surface area contributed by atoms with Crippen LogP contribution in [0.15, 0.2) is 22.9 Å². The second kappa shape index (κ2) is 6.23. The van der Waals surface area contributed by atoms with Crippen molar-refractivity contribution in [1.82, 2.24) is 15.1 Å². The fourth-order valence-electron chi connectivity index (χ4n) is 1.40. The van der Waals surface area contributed by atoms with E-state index in [9.17, 15) is 0 Å². The second-order valence-corrected chi connectivity index (χ2v) is 3.82. The zero-order valence-electron chi connectivity index (χ0n) is 10.3. The maximum Gasteiger partial charge on any atom is 0.276 e. The van der Waals surface area contributed by atoms with Crippen molar-refractivity contribution in [2.75, 3.05) is 6.61 Å². The lowest BCUT2D eigenvalue weighted by Crippen LogP contribution is -1.97. The Balaban J connectivity index is 2.04. The molecule has 0 aliphatic carbocycles. The molecule has 0 aliphatic heterocycles. The molecule has 0 radical (unpaired) electrons. The standard InChI is InChI=1S/C12H16N4O2/c1-2-5-17-8-11-15-12(18-16-11)10-4-3-9(6-13)7-14-10/h3-4,7H,2,5-6,8,13H2,1H3. The van der Waals surface area contributed by atoms with Crippen LogP contribution in [0, 0.1) is 0 Å². The summed E-state index contributed by atoms with van der Waals surface area (Å²) in [4.78, 5) is 8.42. The van der Waals surface area contributed by atoms with E-state index in [-0.39, 0.29) is 0 Å². The van der Waals surface area contributed by atoms with Gasteiger partial charge in [0.1, 0.15) is 12.3 Å². The van der Waals surface area contributed by atoms with Crippen LogP contribution in [-0.2, 0) is 17.9 Å². The number of hydrogen-bond donors (Lipinski definition) is 1. The Bertz CT molecular complexity index is 481. The minimum Gasteiger partial charge on any atom is -0.373 e. The molecule has 96 valence electrons. The van der Waals surface area contributed by atoms with Crippen molar-refractivity contribution in [2.45, 2.75) is 26.5 Å². The molecule has 2 aromatic heterocycles. The van der Waals surface area contributed by atoms with Gasteiger partial charge in [0.25, 0.3) is 5.89 Å². The molecule has 0 aromatic carbocycles. The molecule has 18 heavy (non-hydrogen) atoms. The lowest BCUT2D eigenvalue weighted by molar-refractivity contribution is 0.114. The van der Waals surface area contributed by atoms with Gasteiger partial charge in [-0.3, -0.25) is 4.98 Å². The van der Waals surface area contributed by atoms with E-state index >= 15 is 0 Å². The molecule has 0 fully saturated rings. The van der Waals surface area contributed by atoms with Crippen LogP contribution in [0.2, 0.25) is 0 Å². The van der Waals surface area contributed by atoms with Gasteiger partial charge >= 0.3 is 0 Å². The average molecular weight is 248 g/mol.